The minimum atomic E-state index is 0.267. The lowest BCUT2D eigenvalue weighted by atomic mass is 10.2. The molecule has 1 unspecified atom stereocenters. The number of nitrogens with one attached hydrogen (secondary N) is 1. The number of hydrogen-bond donors (Lipinski definition) is 1. The van der Waals surface area contributed by atoms with Crippen LogP contribution in [-0.2, 0) is 0 Å². The van der Waals surface area contributed by atoms with E-state index in [9.17, 15) is 0 Å². The summed E-state index contributed by atoms with van der Waals surface area (Å²) in [4.78, 5) is 10.4. The van der Waals surface area contributed by atoms with Gasteiger partial charge in [0.05, 0.1) is 5.69 Å². The molecule has 4 nitrogen and oxygen atoms in total. The topological polar surface area (TPSA) is 41.0 Å². The van der Waals surface area contributed by atoms with Gasteiger partial charge in [0, 0.05) is 37.7 Å². The van der Waals surface area contributed by atoms with Crippen molar-refractivity contribution >= 4 is 0 Å². The molecule has 1 aromatic rings. The Hall–Kier alpha value is -1.00. The molecule has 0 aliphatic rings. The number of aromatic nitrogens is 2. The third-order valence-electron chi connectivity index (χ3n) is 2.04. The summed E-state index contributed by atoms with van der Waals surface area (Å²) in [7, 11) is 4.13. The number of nitrogens with zero attached hydrogens (tertiary/aromatic N) is 3. The Kier molecular flexibility index (Phi) is 4.49. The van der Waals surface area contributed by atoms with Gasteiger partial charge in [-0.2, -0.15) is 0 Å². The Bertz CT molecular complexity index is 248. The first kappa shape index (κ1) is 11.1. The first-order valence-corrected chi connectivity index (χ1v) is 4.84. The van der Waals surface area contributed by atoms with Gasteiger partial charge in [-0.25, -0.2) is 0 Å². The van der Waals surface area contributed by atoms with E-state index < -0.39 is 0 Å². The predicted octanol–water partition coefficient (Wildman–Crippen LogP) is 0.689. The van der Waals surface area contributed by atoms with E-state index in [0.29, 0.717) is 0 Å². The van der Waals surface area contributed by atoms with Gasteiger partial charge in [-0.3, -0.25) is 9.97 Å². The Balaban J connectivity index is 2.32. The second-order valence-electron chi connectivity index (χ2n) is 3.61. The summed E-state index contributed by atoms with van der Waals surface area (Å²) in [6.45, 7) is 4.09. The van der Waals surface area contributed by atoms with Gasteiger partial charge < -0.3 is 10.2 Å². The van der Waals surface area contributed by atoms with Crippen LogP contribution < -0.4 is 5.32 Å². The maximum absolute atomic E-state index is 4.24. The fourth-order valence-electron chi connectivity index (χ4n) is 1.14. The highest BCUT2D eigenvalue weighted by molar-refractivity contribution is 5.00. The van der Waals surface area contributed by atoms with E-state index in [1.165, 1.54) is 0 Å². The quantitative estimate of drug-likeness (QED) is 0.748. The standard InChI is InChI=1S/C10H18N4/c1-9(12-6-7-14(2)3)10-8-11-4-5-13-10/h4-5,8-9,12H,6-7H2,1-3H3. The van der Waals surface area contributed by atoms with E-state index in [4.69, 9.17) is 0 Å². The predicted molar refractivity (Wildman–Crippen MR) is 57.0 cm³/mol. The van der Waals surface area contributed by atoms with Crippen molar-refractivity contribution in [2.24, 2.45) is 0 Å². The van der Waals surface area contributed by atoms with Crippen LogP contribution in [0.5, 0.6) is 0 Å². The molecule has 0 radical (unpaired) electrons. The maximum atomic E-state index is 4.24. The van der Waals surface area contributed by atoms with E-state index >= 15 is 0 Å². The second kappa shape index (κ2) is 5.67. The van der Waals surface area contributed by atoms with Gasteiger partial charge in [-0.1, -0.05) is 0 Å². The first-order valence-electron chi connectivity index (χ1n) is 4.84. The largest absolute Gasteiger partial charge is 0.308 e. The maximum Gasteiger partial charge on any atom is 0.0753 e. The molecule has 1 heterocycles. The highest BCUT2D eigenvalue weighted by Crippen LogP contribution is 2.05. The molecule has 1 aromatic heterocycles. The average Bonchev–Trinajstić information content (AvgIpc) is 2.18. The fraction of sp³-hybridized carbons (Fsp3) is 0.600. The zero-order valence-corrected chi connectivity index (χ0v) is 9.07. The van der Waals surface area contributed by atoms with Crippen molar-refractivity contribution in [3.63, 3.8) is 0 Å². The van der Waals surface area contributed by atoms with Gasteiger partial charge in [0.25, 0.3) is 0 Å². The summed E-state index contributed by atoms with van der Waals surface area (Å²) in [6.07, 6.45) is 5.21. The van der Waals surface area contributed by atoms with Crippen molar-refractivity contribution < 1.29 is 0 Å². The monoisotopic (exact) mass is 194 g/mol. The highest BCUT2D eigenvalue weighted by Gasteiger charge is 2.04. The van der Waals surface area contributed by atoms with Crippen molar-refractivity contribution in [2.75, 3.05) is 27.2 Å². The van der Waals surface area contributed by atoms with Gasteiger partial charge in [-0.05, 0) is 21.0 Å². The van der Waals surface area contributed by atoms with Crippen LogP contribution in [0, 0.1) is 0 Å². The third-order valence-corrected chi connectivity index (χ3v) is 2.04. The van der Waals surface area contributed by atoms with Gasteiger partial charge in [-0.15, -0.1) is 0 Å². The molecule has 1 atom stereocenters. The summed E-state index contributed by atoms with van der Waals surface area (Å²) >= 11 is 0. The minimum absolute atomic E-state index is 0.267. The Morgan fingerprint density at radius 1 is 1.43 bits per heavy atom. The zero-order valence-electron chi connectivity index (χ0n) is 9.07. The molecule has 1 N–H and O–H groups in total. The van der Waals surface area contributed by atoms with E-state index in [0.717, 1.165) is 18.8 Å². The average molecular weight is 194 g/mol. The van der Waals surface area contributed by atoms with Crippen LogP contribution in [0.15, 0.2) is 18.6 Å². The summed E-state index contributed by atoms with van der Waals surface area (Å²) < 4.78 is 0. The molecule has 0 aromatic carbocycles. The molecule has 0 saturated heterocycles. The van der Waals surface area contributed by atoms with Gasteiger partial charge in [0.15, 0.2) is 0 Å². The minimum Gasteiger partial charge on any atom is -0.308 e. The van der Waals surface area contributed by atoms with Crippen LogP contribution in [0.1, 0.15) is 18.7 Å². The van der Waals surface area contributed by atoms with E-state index in [-0.39, 0.29) is 6.04 Å². The Morgan fingerprint density at radius 3 is 2.79 bits per heavy atom. The normalized spacial score (nSPS) is 13.1. The number of likely N-dealkylation sites (N-methyl/N-ethyl adjacent to an activating group) is 1. The van der Waals surface area contributed by atoms with Crippen LogP contribution in [0.4, 0.5) is 0 Å². The van der Waals surface area contributed by atoms with Gasteiger partial charge in [0.2, 0.25) is 0 Å². The van der Waals surface area contributed by atoms with Crippen LogP contribution in [0.25, 0.3) is 0 Å². The third kappa shape index (κ3) is 3.81. The Labute approximate surface area is 85.4 Å². The summed E-state index contributed by atoms with van der Waals surface area (Å²) in [6, 6.07) is 0.267. The molecule has 78 valence electrons. The smallest absolute Gasteiger partial charge is 0.0753 e. The molecule has 0 amide bonds. The van der Waals surface area contributed by atoms with E-state index in [2.05, 4.69) is 41.2 Å². The number of rotatable bonds is 5. The van der Waals surface area contributed by atoms with E-state index in [1.807, 2.05) is 0 Å². The summed E-state index contributed by atoms with van der Waals surface area (Å²) in [5.74, 6) is 0. The zero-order chi connectivity index (χ0) is 10.4. The molecule has 0 fully saturated rings. The molecule has 0 aliphatic heterocycles. The van der Waals surface area contributed by atoms with Gasteiger partial charge in [0.1, 0.15) is 0 Å². The molecule has 0 saturated carbocycles. The molecular formula is C10H18N4. The number of hydrogen-bond acceptors (Lipinski definition) is 4. The fourth-order valence-corrected chi connectivity index (χ4v) is 1.14. The van der Waals surface area contributed by atoms with Crippen LogP contribution in [0.2, 0.25) is 0 Å². The van der Waals surface area contributed by atoms with E-state index in [1.54, 1.807) is 18.6 Å². The second-order valence-corrected chi connectivity index (χ2v) is 3.61. The lowest BCUT2D eigenvalue weighted by Gasteiger charge is -2.15. The Morgan fingerprint density at radius 2 is 2.21 bits per heavy atom. The first-order chi connectivity index (χ1) is 6.70. The van der Waals surface area contributed by atoms with Gasteiger partial charge >= 0.3 is 0 Å². The summed E-state index contributed by atoms with van der Waals surface area (Å²) in [5, 5.41) is 3.39. The van der Waals surface area contributed by atoms with Crippen molar-refractivity contribution in [3.8, 4) is 0 Å². The van der Waals surface area contributed by atoms with Crippen LogP contribution >= 0.6 is 0 Å². The lowest BCUT2D eigenvalue weighted by Crippen LogP contribution is -2.28. The van der Waals surface area contributed by atoms with Crippen molar-refractivity contribution in [3.05, 3.63) is 24.3 Å². The highest BCUT2D eigenvalue weighted by atomic mass is 15.1. The SMILES string of the molecule is CC(NCCN(C)C)c1cnccn1. The van der Waals surface area contributed by atoms with Crippen LogP contribution in [-0.4, -0.2) is 42.1 Å². The molecule has 0 bridgehead atoms. The summed E-state index contributed by atoms with van der Waals surface area (Å²) in [5.41, 5.74) is 0.992. The molecule has 4 heteroatoms. The van der Waals surface area contributed by atoms with Crippen molar-refractivity contribution in [1.82, 2.24) is 20.2 Å². The van der Waals surface area contributed by atoms with Crippen molar-refractivity contribution in [2.45, 2.75) is 13.0 Å². The molecule has 1 rings (SSSR count). The van der Waals surface area contributed by atoms with Crippen LogP contribution in [0.3, 0.4) is 0 Å². The molecular weight excluding hydrogens is 176 g/mol. The molecule has 0 aliphatic carbocycles. The molecule has 14 heavy (non-hydrogen) atoms. The lowest BCUT2D eigenvalue weighted by molar-refractivity contribution is 0.388. The van der Waals surface area contributed by atoms with Crippen molar-refractivity contribution in [1.29, 1.82) is 0 Å². The molecule has 0 spiro atoms.